The lowest BCUT2D eigenvalue weighted by atomic mass is 10.2. The summed E-state index contributed by atoms with van der Waals surface area (Å²) in [6.45, 7) is 0. The third-order valence-corrected chi connectivity index (χ3v) is 2.75. The zero-order valence-corrected chi connectivity index (χ0v) is 9.58. The summed E-state index contributed by atoms with van der Waals surface area (Å²) in [5, 5.41) is 2.18. The van der Waals surface area contributed by atoms with Crippen molar-refractivity contribution in [2.45, 2.75) is 10.7 Å². The van der Waals surface area contributed by atoms with Crippen LogP contribution in [0.5, 0.6) is 0 Å². The SMILES string of the molecule is Clc1cc(CBr)c(CBr)cn1. The maximum atomic E-state index is 5.71. The Labute approximate surface area is 87.4 Å². The van der Waals surface area contributed by atoms with Crippen molar-refractivity contribution in [1.82, 2.24) is 4.98 Å². The Morgan fingerprint density at radius 3 is 2.45 bits per heavy atom. The lowest BCUT2D eigenvalue weighted by Gasteiger charge is -2.02. The van der Waals surface area contributed by atoms with Gasteiger partial charge in [0.1, 0.15) is 5.15 Å². The molecule has 0 aromatic carbocycles. The fourth-order valence-corrected chi connectivity index (χ4v) is 1.95. The fourth-order valence-electron chi connectivity index (χ4n) is 0.741. The molecule has 0 aliphatic carbocycles. The molecule has 0 aliphatic heterocycles. The van der Waals surface area contributed by atoms with Gasteiger partial charge in [0.05, 0.1) is 0 Å². The van der Waals surface area contributed by atoms with Crippen molar-refractivity contribution in [3.05, 3.63) is 28.5 Å². The lowest BCUT2D eigenvalue weighted by molar-refractivity contribution is 1.20. The molecular weight excluding hydrogens is 293 g/mol. The first-order valence-electron chi connectivity index (χ1n) is 3.03. The molecule has 0 amide bonds. The number of halogens is 3. The summed E-state index contributed by atoms with van der Waals surface area (Å²) in [4.78, 5) is 3.97. The summed E-state index contributed by atoms with van der Waals surface area (Å²) in [5.41, 5.74) is 2.35. The summed E-state index contributed by atoms with van der Waals surface area (Å²) in [5.74, 6) is 0. The maximum absolute atomic E-state index is 5.71. The van der Waals surface area contributed by atoms with Crippen molar-refractivity contribution in [3.63, 3.8) is 0 Å². The van der Waals surface area contributed by atoms with E-state index in [1.807, 2.05) is 6.07 Å². The molecule has 1 aromatic rings. The number of nitrogens with zero attached hydrogens (tertiary/aromatic N) is 1. The Kier molecular flexibility index (Phi) is 3.82. The average molecular weight is 299 g/mol. The highest BCUT2D eigenvalue weighted by Crippen LogP contribution is 2.17. The number of alkyl halides is 2. The molecule has 0 N–H and O–H groups in total. The van der Waals surface area contributed by atoms with Crippen LogP contribution in [0.1, 0.15) is 11.1 Å². The molecule has 1 nitrogen and oxygen atoms in total. The van der Waals surface area contributed by atoms with E-state index < -0.39 is 0 Å². The van der Waals surface area contributed by atoms with E-state index in [1.54, 1.807) is 6.20 Å². The molecule has 4 heteroatoms. The Hall–Kier alpha value is 0.400. The van der Waals surface area contributed by atoms with Crippen LogP contribution in [0.2, 0.25) is 5.15 Å². The highest BCUT2D eigenvalue weighted by molar-refractivity contribution is 9.09. The first-order chi connectivity index (χ1) is 5.27. The maximum Gasteiger partial charge on any atom is 0.129 e. The molecule has 0 bridgehead atoms. The smallest absolute Gasteiger partial charge is 0.129 e. The average Bonchev–Trinajstić information content (AvgIpc) is 2.04. The van der Waals surface area contributed by atoms with E-state index in [-0.39, 0.29) is 0 Å². The molecule has 11 heavy (non-hydrogen) atoms. The second kappa shape index (κ2) is 4.43. The van der Waals surface area contributed by atoms with Gasteiger partial charge in [0.25, 0.3) is 0 Å². The van der Waals surface area contributed by atoms with Gasteiger partial charge in [-0.1, -0.05) is 43.5 Å². The second-order valence-corrected chi connectivity index (χ2v) is 3.55. The zero-order chi connectivity index (χ0) is 8.27. The molecule has 0 fully saturated rings. The normalized spacial score (nSPS) is 10.1. The van der Waals surface area contributed by atoms with Gasteiger partial charge in [-0.2, -0.15) is 0 Å². The molecule has 0 saturated heterocycles. The van der Waals surface area contributed by atoms with Gasteiger partial charge in [-0.15, -0.1) is 0 Å². The van der Waals surface area contributed by atoms with Crippen molar-refractivity contribution >= 4 is 43.5 Å². The van der Waals surface area contributed by atoms with E-state index in [9.17, 15) is 0 Å². The Balaban J connectivity index is 3.06. The molecule has 0 atom stereocenters. The van der Waals surface area contributed by atoms with Gasteiger partial charge < -0.3 is 0 Å². The van der Waals surface area contributed by atoms with E-state index in [2.05, 4.69) is 36.8 Å². The number of rotatable bonds is 2. The van der Waals surface area contributed by atoms with Gasteiger partial charge >= 0.3 is 0 Å². The van der Waals surface area contributed by atoms with Crippen LogP contribution in [0.3, 0.4) is 0 Å². The van der Waals surface area contributed by atoms with Gasteiger partial charge in [-0.25, -0.2) is 4.98 Å². The van der Waals surface area contributed by atoms with Crippen LogP contribution in [-0.2, 0) is 10.7 Å². The van der Waals surface area contributed by atoms with Gasteiger partial charge in [-0.3, -0.25) is 0 Å². The van der Waals surface area contributed by atoms with Gasteiger partial charge in [-0.05, 0) is 17.2 Å². The van der Waals surface area contributed by atoms with Crippen molar-refractivity contribution in [3.8, 4) is 0 Å². The predicted molar refractivity (Wildman–Crippen MR) is 54.5 cm³/mol. The summed E-state index contributed by atoms with van der Waals surface area (Å²) in [7, 11) is 0. The molecule has 0 saturated carbocycles. The topological polar surface area (TPSA) is 12.9 Å². The third-order valence-electron chi connectivity index (χ3n) is 1.34. The number of aromatic nitrogens is 1. The summed E-state index contributed by atoms with van der Waals surface area (Å²) in [6.07, 6.45) is 1.79. The second-order valence-electron chi connectivity index (χ2n) is 2.04. The largest absolute Gasteiger partial charge is 0.244 e. The third kappa shape index (κ3) is 2.42. The van der Waals surface area contributed by atoms with E-state index in [1.165, 1.54) is 11.1 Å². The molecule has 0 radical (unpaired) electrons. The van der Waals surface area contributed by atoms with Crippen LogP contribution < -0.4 is 0 Å². The van der Waals surface area contributed by atoms with Crippen LogP contribution in [0.15, 0.2) is 12.3 Å². The zero-order valence-electron chi connectivity index (χ0n) is 5.65. The van der Waals surface area contributed by atoms with E-state index >= 15 is 0 Å². The van der Waals surface area contributed by atoms with Crippen molar-refractivity contribution in [2.75, 3.05) is 0 Å². The van der Waals surface area contributed by atoms with E-state index in [4.69, 9.17) is 11.6 Å². The van der Waals surface area contributed by atoms with Crippen LogP contribution in [0, 0.1) is 0 Å². The van der Waals surface area contributed by atoms with Gasteiger partial charge in [0, 0.05) is 16.9 Å². The Bertz CT molecular complexity index is 252. The standard InChI is InChI=1S/C7H6Br2ClN/c8-2-5-1-7(10)11-4-6(5)3-9/h1,4H,2-3H2. The van der Waals surface area contributed by atoms with Crippen LogP contribution >= 0.6 is 43.5 Å². The molecule has 0 spiro atoms. The monoisotopic (exact) mass is 297 g/mol. The number of hydrogen-bond acceptors (Lipinski definition) is 1. The van der Waals surface area contributed by atoms with Gasteiger partial charge in [0.15, 0.2) is 0 Å². The molecule has 1 aromatic heterocycles. The highest BCUT2D eigenvalue weighted by Gasteiger charge is 2.00. The predicted octanol–water partition coefficient (Wildman–Crippen LogP) is 3.52. The first-order valence-corrected chi connectivity index (χ1v) is 5.65. The highest BCUT2D eigenvalue weighted by atomic mass is 79.9. The summed E-state index contributed by atoms with van der Waals surface area (Å²) < 4.78 is 0. The van der Waals surface area contributed by atoms with E-state index in [0.717, 1.165) is 10.7 Å². The van der Waals surface area contributed by atoms with Crippen molar-refractivity contribution in [2.24, 2.45) is 0 Å². The lowest BCUT2D eigenvalue weighted by Crippen LogP contribution is -1.89. The molecule has 1 heterocycles. The quantitative estimate of drug-likeness (QED) is 0.601. The van der Waals surface area contributed by atoms with Crippen molar-refractivity contribution < 1.29 is 0 Å². The molecule has 60 valence electrons. The summed E-state index contributed by atoms with van der Waals surface area (Å²) >= 11 is 12.5. The minimum atomic E-state index is 0.546. The molecular formula is C7H6Br2ClN. The van der Waals surface area contributed by atoms with Crippen LogP contribution in [0.25, 0.3) is 0 Å². The van der Waals surface area contributed by atoms with E-state index in [0.29, 0.717) is 5.15 Å². The molecule has 0 aliphatic rings. The molecule has 1 rings (SSSR count). The van der Waals surface area contributed by atoms with Crippen molar-refractivity contribution in [1.29, 1.82) is 0 Å². The minimum Gasteiger partial charge on any atom is -0.244 e. The fraction of sp³-hybridized carbons (Fsp3) is 0.286. The first kappa shape index (κ1) is 9.49. The van der Waals surface area contributed by atoms with Crippen LogP contribution in [0.4, 0.5) is 0 Å². The van der Waals surface area contributed by atoms with Gasteiger partial charge in [0.2, 0.25) is 0 Å². The van der Waals surface area contributed by atoms with Crippen LogP contribution in [-0.4, -0.2) is 4.98 Å². The molecule has 0 unspecified atom stereocenters. The Morgan fingerprint density at radius 1 is 1.27 bits per heavy atom. The Morgan fingerprint density at radius 2 is 1.91 bits per heavy atom. The summed E-state index contributed by atoms with van der Waals surface area (Å²) in [6, 6.07) is 1.87. The minimum absolute atomic E-state index is 0.546. The number of hydrogen-bond donors (Lipinski definition) is 0. The number of pyridine rings is 1.